The second kappa shape index (κ2) is 6.41. The number of rotatable bonds is 5. The highest BCUT2D eigenvalue weighted by Crippen LogP contribution is 2.30. The molecule has 0 aliphatic carbocycles. The van der Waals surface area contributed by atoms with E-state index in [4.69, 9.17) is 4.74 Å². The zero-order chi connectivity index (χ0) is 13.0. The molecular weight excluding hydrogens is 278 g/mol. The minimum Gasteiger partial charge on any atom is -0.490 e. The average molecular weight is 300 g/mol. The lowest BCUT2D eigenvalue weighted by Crippen LogP contribution is -2.21. The first-order valence-electron chi connectivity index (χ1n) is 6.09. The Bertz CT molecular complexity index is 365. The number of hydrogen-bond donors (Lipinski definition) is 1. The van der Waals surface area contributed by atoms with Crippen LogP contribution in [0.4, 0.5) is 0 Å². The van der Waals surface area contributed by atoms with Crippen molar-refractivity contribution in [1.82, 2.24) is 5.32 Å². The summed E-state index contributed by atoms with van der Waals surface area (Å²) in [4.78, 5) is 0. The van der Waals surface area contributed by atoms with Crippen LogP contribution < -0.4 is 10.1 Å². The molecule has 0 spiro atoms. The Balaban J connectivity index is 2.98. The van der Waals surface area contributed by atoms with Crippen LogP contribution in [-0.2, 0) is 0 Å². The van der Waals surface area contributed by atoms with Crippen molar-refractivity contribution in [3.8, 4) is 5.75 Å². The van der Waals surface area contributed by atoms with Gasteiger partial charge in [0, 0.05) is 16.1 Å². The summed E-state index contributed by atoms with van der Waals surface area (Å²) in [7, 11) is 1.96. The first kappa shape index (κ1) is 14.5. The molecule has 17 heavy (non-hydrogen) atoms. The van der Waals surface area contributed by atoms with Gasteiger partial charge in [0.05, 0.1) is 6.10 Å². The molecule has 1 aromatic carbocycles. The summed E-state index contributed by atoms with van der Waals surface area (Å²) in [6, 6.07) is 6.49. The molecule has 0 aliphatic rings. The molecule has 0 bridgehead atoms. The number of benzene rings is 1. The zero-order valence-corrected chi connectivity index (χ0v) is 12.8. The molecule has 1 rings (SSSR count). The van der Waals surface area contributed by atoms with Gasteiger partial charge >= 0.3 is 0 Å². The van der Waals surface area contributed by atoms with Gasteiger partial charge in [-0.25, -0.2) is 0 Å². The SMILES string of the molecule is CNC(C)c1ccc(Br)cc1OC(C)C(C)C. The Morgan fingerprint density at radius 1 is 1.18 bits per heavy atom. The second-order valence-electron chi connectivity index (χ2n) is 4.76. The van der Waals surface area contributed by atoms with E-state index in [1.807, 2.05) is 13.1 Å². The molecule has 1 aromatic rings. The van der Waals surface area contributed by atoms with Gasteiger partial charge in [0.2, 0.25) is 0 Å². The van der Waals surface area contributed by atoms with Gasteiger partial charge in [0.1, 0.15) is 5.75 Å². The fourth-order valence-corrected chi connectivity index (χ4v) is 1.80. The molecule has 2 unspecified atom stereocenters. The van der Waals surface area contributed by atoms with Crippen molar-refractivity contribution in [1.29, 1.82) is 0 Å². The van der Waals surface area contributed by atoms with E-state index in [1.165, 1.54) is 5.56 Å². The van der Waals surface area contributed by atoms with Crippen molar-refractivity contribution in [2.75, 3.05) is 7.05 Å². The van der Waals surface area contributed by atoms with Crippen LogP contribution in [0.1, 0.15) is 39.3 Å². The Kier molecular flexibility index (Phi) is 5.47. The summed E-state index contributed by atoms with van der Waals surface area (Å²) >= 11 is 3.49. The van der Waals surface area contributed by atoms with E-state index in [0.29, 0.717) is 5.92 Å². The molecule has 0 aromatic heterocycles. The standard InChI is InChI=1S/C14H22BrNO/c1-9(2)11(4)17-14-8-12(15)6-7-13(14)10(3)16-5/h6-11,16H,1-5H3. The first-order chi connectivity index (χ1) is 7.95. The third-order valence-electron chi connectivity index (χ3n) is 3.13. The van der Waals surface area contributed by atoms with Gasteiger partial charge in [-0.3, -0.25) is 0 Å². The van der Waals surface area contributed by atoms with E-state index in [2.05, 4.69) is 61.1 Å². The van der Waals surface area contributed by atoms with E-state index in [-0.39, 0.29) is 12.1 Å². The first-order valence-corrected chi connectivity index (χ1v) is 6.88. The molecular formula is C14H22BrNO. The molecule has 2 atom stereocenters. The van der Waals surface area contributed by atoms with E-state index in [9.17, 15) is 0 Å². The van der Waals surface area contributed by atoms with Crippen LogP contribution in [-0.4, -0.2) is 13.2 Å². The minimum atomic E-state index is 0.215. The largest absolute Gasteiger partial charge is 0.490 e. The topological polar surface area (TPSA) is 21.3 Å². The Hall–Kier alpha value is -0.540. The van der Waals surface area contributed by atoms with Crippen LogP contribution in [0.5, 0.6) is 5.75 Å². The minimum absolute atomic E-state index is 0.215. The highest BCUT2D eigenvalue weighted by Gasteiger charge is 2.15. The summed E-state index contributed by atoms with van der Waals surface area (Å²) in [5.74, 6) is 1.47. The van der Waals surface area contributed by atoms with Gasteiger partial charge in [0.15, 0.2) is 0 Å². The highest BCUT2D eigenvalue weighted by molar-refractivity contribution is 9.10. The van der Waals surface area contributed by atoms with Crippen molar-refractivity contribution >= 4 is 15.9 Å². The number of nitrogens with one attached hydrogen (secondary N) is 1. The van der Waals surface area contributed by atoms with Gasteiger partial charge in [-0.05, 0) is 38.9 Å². The van der Waals surface area contributed by atoms with E-state index >= 15 is 0 Å². The Morgan fingerprint density at radius 3 is 2.35 bits per heavy atom. The summed E-state index contributed by atoms with van der Waals surface area (Å²) < 4.78 is 7.09. The van der Waals surface area contributed by atoms with Crippen molar-refractivity contribution in [3.05, 3.63) is 28.2 Å². The lowest BCUT2D eigenvalue weighted by atomic mass is 10.1. The maximum Gasteiger partial charge on any atom is 0.125 e. The Labute approximate surface area is 113 Å². The fourth-order valence-electron chi connectivity index (χ4n) is 1.46. The summed E-state index contributed by atoms with van der Waals surface area (Å²) in [6.45, 7) is 8.59. The zero-order valence-electron chi connectivity index (χ0n) is 11.3. The third-order valence-corrected chi connectivity index (χ3v) is 3.62. The monoisotopic (exact) mass is 299 g/mol. The molecule has 0 aliphatic heterocycles. The number of ether oxygens (including phenoxy) is 1. The molecule has 0 fully saturated rings. The average Bonchev–Trinajstić information content (AvgIpc) is 2.28. The molecule has 0 heterocycles. The van der Waals surface area contributed by atoms with E-state index < -0.39 is 0 Å². The fraction of sp³-hybridized carbons (Fsp3) is 0.571. The molecule has 3 heteroatoms. The second-order valence-corrected chi connectivity index (χ2v) is 5.68. The molecule has 0 saturated carbocycles. The third kappa shape index (κ3) is 4.00. The maximum absolute atomic E-state index is 6.04. The molecule has 96 valence electrons. The Morgan fingerprint density at radius 2 is 1.82 bits per heavy atom. The quantitative estimate of drug-likeness (QED) is 0.882. The summed E-state index contributed by atoms with van der Waals surface area (Å²) in [5.41, 5.74) is 1.20. The van der Waals surface area contributed by atoms with Crippen LogP contribution in [0.3, 0.4) is 0 Å². The maximum atomic E-state index is 6.04. The van der Waals surface area contributed by atoms with Crippen molar-refractivity contribution in [3.63, 3.8) is 0 Å². The van der Waals surface area contributed by atoms with Crippen molar-refractivity contribution < 1.29 is 4.74 Å². The number of halogens is 1. The molecule has 0 amide bonds. The van der Waals surface area contributed by atoms with Crippen LogP contribution in [0.2, 0.25) is 0 Å². The predicted molar refractivity (Wildman–Crippen MR) is 76.5 cm³/mol. The lowest BCUT2D eigenvalue weighted by Gasteiger charge is -2.22. The predicted octanol–water partition coefficient (Wildman–Crippen LogP) is 4.15. The van der Waals surface area contributed by atoms with Gasteiger partial charge in [-0.2, -0.15) is 0 Å². The van der Waals surface area contributed by atoms with Crippen LogP contribution in [0.25, 0.3) is 0 Å². The van der Waals surface area contributed by atoms with Gasteiger partial charge < -0.3 is 10.1 Å². The van der Waals surface area contributed by atoms with Crippen LogP contribution in [0, 0.1) is 5.92 Å². The number of hydrogen-bond acceptors (Lipinski definition) is 2. The summed E-state index contributed by atoms with van der Waals surface area (Å²) in [6.07, 6.45) is 0.215. The van der Waals surface area contributed by atoms with E-state index in [0.717, 1.165) is 10.2 Å². The molecule has 1 N–H and O–H groups in total. The smallest absolute Gasteiger partial charge is 0.125 e. The van der Waals surface area contributed by atoms with Gasteiger partial charge in [-0.15, -0.1) is 0 Å². The van der Waals surface area contributed by atoms with Crippen molar-refractivity contribution in [2.24, 2.45) is 5.92 Å². The highest BCUT2D eigenvalue weighted by atomic mass is 79.9. The summed E-state index contributed by atoms with van der Waals surface area (Å²) in [5, 5.41) is 3.25. The van der Waals surface area contributed by atoms with E-state index in [1.54, 1.807) is 0 Å². The van der Waals surface area contributed by atoms with Crippen LogP contribution in [0.15, 0.2) is 22.7 Å². The lowest BCUT2D eigenvalue weighted by molar-refractivity contribution is 0.168. The van der Waals surface area contributed by atoms with Gasteiger partial charge in [0.25, 0.3) is 0 Å². The van der Waals surface area contributed by atoms with Crippen molar-refractivity contribution in [2.45, 2.75) is 39.8 Å². The van der Waals surface area contributed by atoms with Gasteiger partial charge in [-0.1, -0.05) is 35.8 Å². The van der Waals surface area contributed by atoms with Crippen LogP contribution >= 0.6 is 15.9 Å². The molecule has 0 radical (unpaired) electrons. The molecule has 0 saturated heterocycles. The normalized spacial score (nSPS) is 14.8. The molecule has 2 nitrogen and oxygen atoms in total.